The molecule has 298 valence electrons. The molecule has 10 rings (SSSR count). The van der Waals surface area contributed by atoms with Gasteiger partial charge in [0.1, 0.15) is 0 Å². The van der Waals surface area contributed by atoms with Crippen LogP contribution >= 0.6 is 0 Å². The number of rotatable bonds is 4. The van der Waals surface area contributed by atoms with E-state index in [-0.39, 0.29) is 28.5 Å². The largest absolute Gasteiger partial charge is 0.335 e. The molecule has 1 saturated carbocycles. The summed E-state index contributed by atoms with van der Waals surface area (Å²) in [7, 11) is 0. The molecule has 1 aliphatic carbocycles. The molecule has 2 unspecified atom stereocenters. The van der Waals surface area contributed by atoms with Gasteiger partial charge in [-0.05, 0) is 150 Å². The first-order valence-electron chi connectivity index (χ1n) is 22.1. The Hall–Kier alpha value is -5.22. The van der Waals surface area contributed by atoms with Crippen molar-refractivity contribution in [2.45, 2.75) is 124 Å². The van der Waals surface area contributed by atoms with Crippen molar-refractivity contribution >= 4 is 68.6 Å². The Balaban J connectivity index is 1.35. The molecule has 0 saturated heterocycles. The fourth-order valence-electron chi connectivity index (χ4n) is 11.4. The number of aryl methyl sites for hydroxylation is 3. The predicted octanol–water partition coefficient (Wildman–Crippen LogP) is 13.0. The molecule has 1 fully saturated rings. The van der Waals surface area contributed by atoms with Gasteiger partial charge in [-0.3, -0.25) is 0 Å². The van der Waals surface area contributed by atoms with Gasteiger partial charge in [0, 0.05) is 45.2 Å². The van der Waals surface area contributed by atoms with Gasteiger partial charge in [0.2, 0.25) is 0 Å². The third-order valence-corrected chi connectivity index (χ3v) is 14.8. The lowest BCUT2D eigenvalue weighted by Gasteiger charge is -2.53. The molecular weight excluding hydrogens is 713 g/mol. The first kappa shape index (κ1) is 38.0. The first-order valence-corrected chi connectivity index (χ1v) is 22.1. The van der Waals surface area contributed by atoms with Crippen molar-refractivity contribution in [3.05, 3.63) is 149 Å². The third kappa shape index (κ3) is 5.61. The van der Waals surface area contributed by atoms with Gasteiger partial charge in [-0.2, -0.15) is 0 Å². The lowest BCUT2D eigenvalue weighted by atomic mass is 9.33. The summed E-state index contributed by atoms with van der Waals surface area (Å²) >= 11 is 0. The molecule has 0 aromatic heterocycles. The summed E-state index contributed by atoms with van der Waals surface area (Å²) in [4.78, 5) is 7.99. The SMILES string of the molecule is Cc1cccc(N(c2cccc(C)c2)c2cc3c4c(c2)N2c5c(cc(C)cc5C5(C)CCCCC25C)B4c2cc(C(C)(C)C)ccc2N3c2ccc(C(C)(C)C)cc2)c1. The van der Waals surface area contributed by atoms with Crippen molar-refractivity contribution in [3.63, 3.8) is 0 Å². The third-order valence-electron chi connectivity index (χ3n) is 14.8. The highest BCUT2D eigenvalue weighted by atomic mass is 15.3. The molecule has 0 spiro atoms. The molecule has 3 aliphatic heterocycles. The van der Waals surface area contributed by atoms with E-state index in [0.717, 1.165) is 0 Å². The lowest BCUT2D eigenvalue weighted by Crippen LogP contribution is -2.64. The van der Waals surface area contributed by atoms with Crippen molar-refractivity contribution < 1.29 is 0 Å². The van der Waals surface area contributed by atoms with E-state index >= 15 is 0 Å². The summed E-state index contributed by atoms with van der Waals surface area (Å²) in [6.07, 6.45) is 4.90. The molecule has 0 radical (unpaired) electrons. The van der Waals surface area contributed by atoms with E-state index in [4.69, 9.17) is 0 Å². The van der Waals surface area contributed by atoms with Gasteiger partial charge < -0.3 is 14.7 Å². The van der Waals surface area contributed by atoms with Crippen LogP contribution in [0.1, 0.15) is 114 Å². The maximum absolute atomic E-state index is 2.87. The van der Waals surface area contributed by atoms with Crippen LogP contribution in [0.5, 0.6) is 0 Å². The van der Waals surface area contributed by atoms with Crippen molar-refractivity contribution in [3.8, 4) is 0 Å². The monoisotopic (exact) mass is 773 g/mol. The highest BCUT2D eigenvalue weighted by Crippen LogP contribution is 2.62. The normalized spacial score (nSPS) is 20.2. The Morgan fingerprint density at radius 1 is 0.559 bits per heavy atom. The zero-order chi connectivity index (χ0) is 41.4. The Morgan fingerprint density at radius 2 is 1.17 bits per heavy atom. The Bertz CT molecular complexity index is 2630. The van der Waals surface area contributed by atoms with Crippen LogP contribution in [0.2, 0.25) is 0 Å². The number of nitrogens with zero attached hydrogens (tertiary/aromatic N) is 3. The molecule has 4 aliphatic rings. The topological polar surface area (TPSA) is 9.72 Å². The summed E-state index contributed by atoms with van der Waals surface area (Å²) in [5, 5.41) is 0. The second-order valence-electron chi connectivity index (χ2n) is 20.9. The maximum Gasteiger partial charge on any atom is 0.252 e. The molecule has 0 N–H and O–H groups in total. The Morgan fingerprint density at radius 3 is 1.80 bits per heavy atom. The molecule has 0 bridgehead atoms. The van der Waals surface area contributed by atoms with Gasteiger partial charge >= 0.3 is 0 Å². The predicted molar refractivity (Wildman–Crippen MR) is 255 cm³/mol. The van der Waals surface area contributed by atoms with Crippen LogP contribution in [0.3, 0.4) is 0 Å². The van der Waals surface area contributed by atoms with E-state index in [1.807, 2.05) is 0 Å². The van der Waals surface area contributed by atoms with Gasteiger partial charge in [-0.1, -0.05) is 128 Å². The first-order chi connectivity index (χ1) is 28.0. The fraction of sp³-hybridized carbons (Fsp3) is 0.345. The molecule has 3 nitrogen and oxygen atoms in total. The number of anilines is 8. The van der Waals surface area contributed by atoms with E-state index < -0.39 is 0 Å². The maximum atomic E-state index is 2.87. The zero-order valence-corrected chi connectivity index (χ0v) is 37.2. The molecule has 2 atom stereocenters. The van der Waals surface area contributed by atoms with Crippen LogP contribution in [0, 0.1) is 20.8 Å². The second-order valence-corrected chi connectivity index (χ2v) is 20.9. The fourth-order valence-corrected chi connectivity index (χ4v) is 11.4. The van der Waals surface area contributed by atoms with Crippen LogP contribution in [0.25, 0.3) is 0 Å². The van der Waals surface area contributed by atoms with Crippen LogP contribution in [-0.2, 0) is 16.2 Å². The molecule has 4 heteroatoms. The lowest BCUT2D eigenvalue weighted by molar-refractivity contribution is 0.195. The van der Waals surface area contributed by atoms with E-state index in [2.05, 4.69) is 206 Å². The quantitative estimate of drug-likeness (QED) is 0.165. The van der Waals surface area contributed by atoms with Crippen molar-refractivity contribution in [1.29, 1.82) is 0 Å². The van der Waals surface area contributed by atoms with E-state index in [1.165, 1.54) is 115 Å². The number of benzene rings is 6. The van der Waals surface area contributed by atoms with Gasteiger partial charge in [-0.25, -0.2) is 0 Å². The average molecular weight is 774 g/mol. The summed E-state index contributed by atoms with van der Waals surface area (Å²) in [6, 6.07) is 45.1. The molecule has 3 heterocycles. The molecule has 59 heavy (non-hydrogen) atoms. The van der Waals surface area contributed by atoms with E-state index in [0.29, 0.717) is 0 Å². The van der Waals surface area contributed by atoms with Gasteiger partial charge in [0.15, 0.2) is 0 Å². The summed E-state index contributed by atoms with van der Waals surface area (Å²) < 4.78 is 0. The zero-order valence-electron chi connectivity index (χ0n) is 37.2. The number of hydrogen-bond donors (Lipinski definition) is 0. The van der Waals surface area contributed by atoms with Crippen molar-refractivity contribution in [2.75, 3.05) is 14.7 Å². The minimum absolute atomic E-state index is 0.00840. The van der Waals surface area contributed by atoms with Crippen LogP contribution in [0.15, 0.2) is 115 Å². The van der Waals surface area contributed by atoms with E-state index in [1.54, 1.807) is 5.56 Å². The smallest absolute Gasteiger partial charge is 0.252 e. The molecule has 6 aromatic carbocycles. The van der Waals surface area contributed by atoms with Gasteiger partial charge in [0.05, 0.1) is 11.2 Å². The minimum atomic E-state index is -0.0717. The molecule has 0 amide bonds. The summed E-state index contributed by atoms with van der Waals surface area (Å²) in [6.45, 7) is 26.1. The van der Waals surface area contributed by atoms with Crippen LogP contribution in [0.4, 0.5) is 45.5 Å². The summed E-state index contributed by atoms with van der Waals surface area (Å²) in [5.41, 5.74) is 22.6. The standard InChI is InChI=1S/C55H60BN3/c1-35-16-14-18-41(28-35)57(42-19-15-17-36(2)29-42)43-33-48-50-49(34-43)59-51-44(54(10)26-12-13-27-55(54,59)11)30-37(3)31-46(51)56(50)45-32-39(53(7,8)9)22-25-47(45)58(48)40-23-20-38(21-24-40)52(4,5)6/h14-25,28-34H,12-13,26-27H2,1-11H3. The Labute approximate surface area is 354 Å². The van der Waals surface area contributed by atoms with Gasteiger partial charge in [0.25, 0.3) is 6.71 Å². The average Bonchev–Trinajstić information content (AvgIpc) is 3.39. The Kier molecular flexibility index (Phi) is 8.31. The van der Waals surface area contributed by atoms with Crippen molar-refractivity contribution in [2.24, 2.45) is 0 Å². The van der Waals surface area contributed by atoms with E-state index in [9.17, 15) is 0 Å². The van der Waals surface area contributed by atoms with Crippen LogP contribution in [-0.4, -0.2) is 12.3 Å². The van der Waals surface area contributed by atoms with Gasteiger partial charge in [-0.15, -0.1) is 0 Å². The number of hydrogen-bond acceptors (Lipinski definition) is 3. The highest BCUT2D eigenvalue weighted by molar-refractivity contribution is 7.00. The highest BCUT2D eigenvalue weighted by Gasteiger charge is 2.61. The minimum Gasteiger partial charge on any atom is -0.335 e. The molecular formula is C55H60BN3. The van der Waals surface area contributed by atoms with Crippen LogP contribution < -0.4 is 31.1 Å². The molecule has 6 aromatic rings. The van der Waals surface area contributed by atoms with Crippen molar-refractivity contribution in [1.82, 2.24) is 0 Å². The summed E-state index contributed by atoms with van der Waals surface area (Å²) in [5.74, 6) is 0. The second kappa shape index (κ2) is 12.9. The number of fused-ring (bicyclic) bond motifs is 7.